The predicted octanol–water partition coefficient (Wildman–Crippen LogP) is 3.17. The Balaban J connectivity index is 1.63. The third kappa shape index (κ3) is 4.13. The Bertz CT molecular complexity index is 795. The van der Waals surface area contributed by atoms with Crippen LogP contribution in [0.3, 0.4) is 0 Å². The molecule has 6 heteroatoms. The first kappa shape index (κ1) is 16.9. The van der Waals surface area contributed by atoms with Crippen LogP contribution in [0.15, 0.2) is 29.1 Å². The molecule has 24 heavy (non-hydrogen) atoms. The second-order valence-electron chi connectivity index (χ2n) is 6.17. The van der Waals surface area contributed by atoms with Crippen LogP contribution in [-0.2, 0) is 19.5 Å². The van der Waals surface area contributed by atoms with Crippen molar-refractivity contribution in [1.82, 2.24) is 14.9 Å². The first-order valence-corrected chi connectivity index (χ1v) is 8.85. The first-order chi connectivity index (χ1) is 11.7. The standard InChI is InChI=1S/C18H23N3O2S/c1-2-3-10-23-14-6-4-13(5-7-14)11-21-9-8-16-15(12-21)17(22)20-18(24)19-16/h4-7H,2-3,8-12H2,1H3,(H2,19,20,22,24). The number of hydrogen-bond donors (Lipinski definition) is 2. The van der Waals surface area contributed by atoms with Gasteiger partial charge in [-0.2, -0.15) is 0 Å². The zero-order valence-electron chi connectivity index (χ0n) is 13.9. The van der Waals surface area contributed by atoms with Gasteiger partial charge in [-0.25, -0.2) is 0 Å². The van der Waals surface area contributed by atoms with Crippen molar-refractivity contribution in [3.63, 3.8) is 0 Å². The van der Waals surface area contributed by atoms with E-state index in [4.69, 9.17) is 17.0 Å². The van der Waals surface area contributed by atoms with E-state index in [-0.39, 0.29) is 5.56 Å². The number of ether oxygens (including phenoxy) is 1. The SMILES string of the molecule is CCCCOc1ccc(CN2CCc3[nH]c(=S)[nH]c(=O)c3C2)cc1. The Morgan fingerprint density at radius 3 is 2.79 bits per heavy atom. The normalized spacial score (nSPS) is 14.4. The Hall–Kier alpha value is -1.92. The van der Waals surface area contributed by atoms with Crippen LogP contribution in [0.5, 0.6) is 5.75 Å². The smallest absolute Gasteiger partial charge is 0.256 e. The maximum Gasteiger partial charge on any atom is 0.256 e. The van der Waals surface area contributed by atoms with Crippen LogP contribution >= 0.6 is 12.2 Å². The number of nitrogens with one attached hydrogen (secondary N) is 2. The van der Waals surface area contributed by atoms with Gasteiger partial charge in [0.2, 0.25) is 0 Å². The van der Waals surface area contributed by atoms with Crippen LogP contribution in [0.4, 0.5) is 0 Å². The molecule has 5 nitrogen and oxygen atoms in total. The number of H-pyrrole nitrogens is 2. The summed E-state index contributed by atoms with van der Waals surface area (Å²) in [6.45, 7) is 5.30. The van der Waals surface area contributed by atoms with Crippen LogP contribution in [0, 0.1) is 4.77 Å². The van der Waals surface area contributed by atoms with Crippen LogP contribution in [0.2, 0.25) is 0 Å². The van der Waals surface area contributed by atoms with Crippen molar-refractivity contribution in [2.75, 3.05) is 13.2 Å². The molecule has 2 heterocycles. The van der Waals surface area contributed by atoms with Crippen molar-refractivity contribution in [1.29, 1.82) is 0 Å². The van der Waals surface area contributed by atoms with Gasteiger partial charge in [0.05, 0.1) is 12.2 Å². The van der Waals surface area contributed by atoms with Crippen LogP contribution in [0.1, 0.15) is 36.6 Å². The number of aromatic amines is 2. The number of benzene rings is 1. The van der Waals surface area contributed by atoms with Gasteiger partial charge in [0.25, 0.3) is 5.56 Å². The molecule has 1 aromatic heterocycles. The van der Waals surface area contributed by atoms with E-state index in [1.54, 1.807) is 0 Å². The Morgan fingerprint density at radius 2 is 2.04 bits per heavy atom. The summed E-state index contributed by atoms with van der Waals surface area (Å²) in [7, 11) is 0. The Labute approximate surface area is 146 Å². The molecule has 0 saturated heterocycles. The molecule has 0 unspecified atom stereocenters. The average Bonchev–Trinajstić information content (AvgIpc) is 2.57. The third-order valence-electron chi connectivity index (χ3n) is 4.29. The van der Waals surface area contributed by atoms with E-state index in [2.05, 4.69) is 33.9 Å². The summed E-state index contributed by atoms with van der Waals surface area (Å²) in [6, 6.07) is 8.24. The van der Waals surface area contributed by atoms with Crippen molar-refractivity contribution >= 4 is 12.2 Å². The van der Waals surface area contributed by atoms with Gasteiger partial charge < -0.3 is 9.72 Å². The van der Waals surface area contributed by atoms with Crippen LogP contribution in [-0.4, -0.2) is 28.0 Å². The lowest BCUT2D eigenvalue weighted by Gasteiger charge is -2.27. The number of rotatable bonds is 6. The molecule has 0 bridgehead atoms. The summed E-state index contributed by atoms with van der Waals surface area (Å²) in [4.78, 5) is 20.1. The monoisotopic (exact) mass is 345 g/mol. The highest BCUT2D eigenvalue weighted by Crippen LogP contribution is 2.18. The van der Waals surface area contributed by atoms with E-state index in [1.807, 2.05) is 12.1 Å². The van der Waals surface area contributed by atoms with Crippen LogP contribution in [0.25, 0.3) is 0 Å². The van der Waals surface area contributed by atoms with E-state index >= 15 is 0 Å². The second kappa shape index (κ2) is 7.77. The summed E-state index contributed by atoms with van der Waals surface area (Å²) in [5.41, 5.74) is 2.92. The molecule has 0 amide bonds. The molecule has 0 saturated carbocycles. The fraction of sp³-hybridized carbons (Fsp3) is 0.444. The van der Waals surface area contributed by atoms with Gasteiger partial charge in [-0.1, -0.05) is 25.5 Å². The molecule has 0 fully saturated rings. The highest BCUT2D eigenvalue weighted by molar-refractivity contribution is 7.71. The molecule has 0 atom stereocenters. The molecule has 3 rings (SSSR count). The molecule has 0 aliphatic carbocycles. The fourth-order valence-electron chi connectivity index (χ4n) is 2.93. The molecular weight excluding hydrogens is 322 g/mol. The largest absolute Gasteiger partial charge is 0.494 e. The molecule has 128 valence electrons. The van der Waals surface area contributed by atoms with Gasteiger partial charge >= 0.3 is 0 Å². The lowest BCUT2D eigenvalue weighted by atomic mass is 10.1. The summed E-state index contributed by atoms with van der Waals surface area (Å²) in [5, 5.41) is 0. The fourth-order valence-corrected chi connectivity index (χ4v) is 3.15. The van der Waals surface area contributed by atoms with Gasteiger partial charge in [-0.15, -0.1) is 0 Å². The number of unbranched alkanes of at least 4 members (excludes halogenated alkanes) is 1. The molecule has 2 aromatic rings. The van der Waals surface area contributed by atoms with Crippen molar-refractivity contribution < 1.29 is 4.74 Å². The topological polar surface area (TPSA) is 61.1 Å². The van der Waals surface area contributed by atoms with E-state index < -0.39 is 0 Å². The number of aromatic nitrogens is 2. The van der Waals surface area contributed by atoms with Gasteiger partial charge in [0, 0.05) is 31.7 Å². The van der Waals surface area contributed by atoms with Gasteiger partial charge in [-0.05, 0) is 36.3 Å². The van der Waals surface area contributed by atoms with Crippen molar-refractivity contribution in [2.45, 2.75) is 39.3 Å². The first-order valence-electron chi connectivity index (χ1n) is 8.44. The lowest BCUT2D eigenvalue weighted by molar-refractivity contribution is 0.241. The predicted molar refractivity (Wildman–Crippen MR) is 96.9 cm³/mol. The maximum atomic E-state index is 12.1. The molecule has 1 aliphatic heterocycles. The molecule has 1 aliphatic rings. The Kier molecular flexibility index (Phi) is 5.48. The summed E-state index contributed by atoms with van der Waals surface area (Å²) in [5.74, 6) is 0.917. The van der Waals surface area contributed by atoms with Gasteiger partial charge in [0.15, 0.2) is 4.77 Å². The highest BCUT2D eigenvalue weighted by atomic mass is 32.1. The quantitative estimate of drug-likeness (QED) is 0.624. The minimum absolute atomic E-state index is 0.0712. The Morgan fingerprint density at radius 1 is 1.25 bits per heavy atom. The molecule has 1 aromatic carbocycles. The van der Waals surface area contributed by atoms with Crippen molar-refractivity contribution in [3.8, 4) is 5.75 Å². The summed E-state index contributed by atoms with van der Waals surface area (Å²) in [6.07, 6.45) is 3.03. The van der Waals surface area contributed by atoms with E-state index in [0.717, 1.165) is 56.0 Å². The maximum absolute atomic E-state index is 12.1. The zero-order valence-corrected chi connectivity index (χ0v) is 14.7. The minimum Gasteiger partial charge on any atom is -0.494 e. The number of fused-ring (bicyclic) bond motifs is 1. The third-order valence-corrected chi connectivity index (χ3v) is 4.49. The van der Waals surface area contributed by atoms with Crippen LogP contribution < -0.4 is 10.3 Å². The van der Waals surface area contributed by atoms with Crippen molar-refractivity contribution in [3.05, 3.63) is 56.2 Å². The highest BCUT2D eigenvalue weighted by Gasteiger charge is 2.19. The minimum atomic E-state index is -0.0712. The second-order valence-corrected chi connectivity index (χ2v) is 6.58. The summed E-state index contributed by atoms with van der Waals surface area (Å²) >= 11 is 5.03. The molecule has 2 N–H and O–H groups in total. The average molecular weight is 345 g/mol. The van der Waals surface area contributed by atoms with Gasteiger partial charge in [-0.3, -0.25) is 14.7 Å². The molecular formula is C18H23N3O2S. The lowest BCUT2D eigenvalue weighted by Crippen LogP contribution is -2.35. The van der Waals surface area contributed by atoms with E-state index in [9.17, 15) is 4.79 Å². The summed E-state index contributed by atoms with van der Waals surface area (Å²) < 4.78 is 6.10. The zero-order chi connectivity index (χ0) is 16.9. The van der Waals surface area contributed by atoms with Gasteiger partial charge in [0.1, 0.15) is 5.75 Å². The molecule has 0 spiro atoms. The van der Waals surface area contributed by atoms with Crippen molar-refractivity contribution in [2.24, 2.45) is 0 Å². The molecule has 0 radical (unpaired) electrons. The van der Waals surface area contributed by atoms with E-state index in [1.165, 1.54) is 5.56 Å². The number of nitrogens with zero attached hydrogens (tertiary/aromatic N) is 1. The van der Waals surface area contributed by atoms with E-state index in [0.29, 0.717) is 11.3 Å². The number of hydrogen-bond acceptors (Lipinski definition) is 4.